The minimum absolute atomic E-state index is 0.800. The van der Waals surface area contributed by atoms with Gasteiger partial charge in [-0.15, -0.1) is 0 Å². The Labute approximate surface area is 134 Å². The summed E-state index contributed by atoms with van der Waals surface area (Å²) in [5.74, 6) is 0. The predicted molar refractivity (Wildman–Crippen MR) is 88.1 cm³/mol. The first kappa shape index (κ1) is 13.7. The maximum absolute atomic E-state index is 6.20. The number of halogens is 1. The smallest absolute Gasteiger partial charge is 0.115 e. The summed E-state index contributed by atoms with van der Waals surface area (Å²) in [5, 5.41) is 5.54. The second kappa shape index (κ2) is 5.71. The van der Waals surface area contributed by atoms with Gasteiger partial charge in [-0.25, -0.2) is 9.97 Å². The fraction of sp³-hybridized carbons (Fsp3) is 0.294. The van der Waals surface area contributed by atoms with Crippen LogP contribution in [-0.4, -0.2) is 21.1 Å². The van der Waals surface area contributed by atoms with Gasteiger partial charge in [0.15, 0.2) is 0 Å². The van der Waals surface area contributed by atoms with E-state index in [9.17, 15) is 0 Å². The zero-order chi connectivity index (χ0) is 14.9. The number of fused-ring (bicyclic) bond motifs is 3. The molecule has 0 atom stereocenters. The molecule has 0 radical (unpaired) electrons. The summed E-state index contributed by atoms with van der Waals surface area (Å²) in [4.78, 5) is 8.20. The highest BCUT2D eigenvalue weighted by Gasteiger charge is 2.19. The lowest BCUT2D eigenvalue weighted by atomic mass is 10.1. The van der Waals surface area contributed by atoms with Crippen LogP contribution >= 0.6 is 11.6 Å². The normalized spacial score (nSPS) is 14.2. The molecule has 3 heterocycles. The number of nitrogens with one attached hydrogen (secondary N) is 1. The van der Waals surface area contributed by atoms with Crippen molar-refractivity contribution in [3.8, 4) is 0 Å². The van der Waals surface area contributed by atoms with Gasteiger partial charge in [-0.2, -0.15) is 0 Å². The highest BCUT2D eigenvalue weighted by atomic mass is 35.5. The van der Waals surface area contributed by atoms with E-state index < -0.39 is 0 Å². The molecule has 0 spiro atoms. The quantitative estimate of drug-likeness (QED) is 0.808. The van der Waals surface area contributed by atoms with Crippen molar-refractivity contribution in [2.75, 3.05) is 6.54 Å². The van der Waals surface area contributed by atoms with Crippen LogP contribution in [0.4, 0.5) is 0 Å². The van der Waals surface area contributed by atoms with Crippen molar-refractivity contribution in [3.63, 3.8) is 0 Å². The molecule has 22 heavy (non-hydrogen) atoms. The third-order valence-corrected chi connectivity index (χ3v) is 4.56. The number of rotatable bonds is 3. The molecule has 0 aliphatic carbocycles. The molecule has 0 amide bonds. The minimum Gasteiger partial charge on any atom is -0.344 e. The molecule has 0 bridgehead atoms. The summed E-state index contributed by atoms with van der Waals surface area (Å²) >= 11 is 6.20. The van der Waals surface area contributed by atoms with Gasteiger partial charge in [-0.05, 0) is 35.7 Å². The Balaban J connectivity index is 1.76. The van der Waals surface area contributed by atoms with Crippen molar-refractivity contribution < 1.29 is 0 Å². The van der Waals surface area contributed by atoms with Crippen LogP contribution < -0.4 is 5.32 Å². The van der Waals surface area contributed by atoms with Crippen LogP contribution in [0.2, 0.25) is 5.02 Å². The van der Waals surface area contributed by atoms with Crippen LogP contribution in [0.3, 0.4) is 0 Å². The first-order chi connectivity index (χ1) is 10.8. The summed E-state index contributed by atoms with van der Waals surface area (Å²) in [6.45, 7) is 2.90. The summed E-state index contributed by atoms with van der Waals surface area (Å²) in [6, 6.07) is 6.20. The Morgan fingerprint density at radius 3 is 2.95 bits per heavy atom. The van der Waals surface area contributed by atoms with Gasteiger partial charge < -0.3 is 9.88 Å². The van der Waals surface area contributed by atoms with E-state index in [1.54, 1.807) is 6.33 Å². The van der Waals surface area contributed by atoms with E-state index in [4.69, 9.17) is 11.6 Å². The highest BCUT2D eigenvalue weighted by molar-refractivity contribution is 6.31. The summed E-state index contributed by atoms with van der Waals surface area (Å²) < 4.78 is 2.44. The Morgan fingerprint density at radius 2 is 2.09 bits per heavy atom. The second-order valence-corrected chi connectivity index (χ2v) is 6.10. The summed E-state index contributed by atoms with van der Waals surface area (Å²) in [6.07, 6.45) is 7.36. The number of aryl methyl sites for hydroxylation is 2. The van der Waals surface area contributed by atoms with E-state index in [0.29, 0.717) is 0 Å². The number of aromatic nitrogens is 3. The molecule has 1 aliphatic heterocycles. The van der Waals surface area contributed by atoms with Gasteiger partial charge >= 0.3 is 0 Å². The van der Waals surface area contributed by atoms with Crippen LogP contribution in [0.15, 0.2) is 36.9 Å². The van der Waals surface area contributed by atoms with Crippen molar-refractivity contribution in [1.82, 2.24) is 19.9 Å². The molecule has 3 aromatic rings. The average Bonchev–Trinajstić information content (AvgIpc) is 2.87. The monoisotopic (exact) mass is 312 g/mol. The topological polar surface area (TPSA) is 42.7 Å². The molecule has 1 aromatic carbocycles. The van der Waals surface area contributed by atoms with E-state index in [2.05, 4.69) is 32.0 Å². The Bertz CT molecular complexity index is 810. The van der Waals surface area contributed by atoms with Crippen molar-refractivity contribution in [2.24, 2.45) is 0 Å². The number of hydrogen-bond acceptors (Lipinski definition) is 3. The van der Waals surface area contributed by atoms with Gasteiger partial charge in [-0.3, -0.25) is 0 Å². The second-order valence-electron chi connectivity index (χ2n) is 5.66. The Kier molecular flexibility index (Phi) is 3.56. The van der Waals surface area contributed by atoms with Gasteiger partial charge in [0.25, 0.3) is 0 Å². The molecule has 112 valence electrons. The standard InChI is InChI=1S/C17H17ClN4/c18-13-1-2-16-14(7-13)15-10-19-5-3-17(15)22(16)6-4-12-8-20-11-21-9-12/h1-2,7-9,11,19H,3-6,10H2. The fourth-order valence-electron chi connectivity index (χ4n) is 3.31. The van der Waals surface area contributed by atoms with Gasteiger partial charge in [0.2, 0.25) is 0 Å². The van der Waals surface area contributed by atoms with Gasteiger partial charge in [0.05, 0.1) is 0 Å². The van der Waals surface area contributed by atoms with Crippen molar-refractivity contribution in [3.05, 3.63) is 58.8 Å². The van der Waals surface area contributed by atoms with E-state index in [0.717, 1.165) is 37.5 Å². The van der Waals surface area contributed by atoms with Crippen molar-refractivity contribution >= 4 is 22.5 Å². The fourth-order valence-corrected chi connectivity index (χ4v) is 3.48. The van der Waals surface area contributed by atoms with Crippen LogP contribution in [-0.2, 0) is 25.9 Å². The molecule has 5 heteroatoms. The van der Waals surface area contributed by atoms with E-state index in [-0.39, 0.29) is 0 Å². The minimum atomic E-state index is 0.800. The SMILES string of the molecule is Clc1ccc2c(c1)c1c(n2CCc2cncnc2)CCNC1. The van der Waals surface area contributed by atoms with Gasteiger partial charge in [0, 0.05) is 60.1 Å². The average molecular weight is 313 g/mol. The lowest BCUT2D eigenvalue weighted by Crippen LogP contribution is -2.24. The van der Waals surface area contributed by atoms with Gasteiger partial charge in [-0.1, -0.05) is 11.6 Å². The third kappa shape index (κ3) is 2.38. The van der Waals surface area contributed by atoms with E-state index in [1.165, 1.54) is 27.7 Å². The maximum Gasteiger partial charge on any atom is 0.115 e. The Hall–Kier alpha value is -1.91. The zero-order valence-electron chi connectivity index (χ0n) is 12.2. The number of hydrogen-bond donors (Lipinski definition) is 1. The van der Waals surface area contributed by atoms with Crippen molar-refractivity contribution in [2.45, 2.75) is 25.9 Å². The number of nitrogens with zero attached hydrogens (tertiary/aromatic N) is 3. The maximum atomic E-state index is 6.20. The first-order valence-electron chi connectivity index (χ1n) is 7.57. The van der Waals surface area contributed by atoms with Crippen LogP contribution in [0.1, 0.15) is 16.8 Å². The lowest BCUT2D eigenvalue weighted by molar-refractivity contribution is 0.594. The Morgan fingerprint density at radius 1 is 1.23 bits per heavy atom. The van der Waals surface area contributed by atoms with E-state index in [1.807, 2.05) is 18.5 Å². The van der Waals surface area contributed by atoms with Crippen LogP contribution in [0.25, 0.3) is 10.9 Å². The molecular formula is C17H17ClN4. The molecule has 1 aliphatic rings. The number of benzene rings is 1. The van der Waals surface area contributed by atoms with Crippen LogP contribution in [0, 0.1) is 0 Å². The molecular weight excluding hydrogens is 296 g/mol. The zero-order valence-corrected chi connectivity index (χ0v) is 13.0. The molecule has 1 N–H and O–H groups in total. The molecule has 4 rings (SSSR count). The molecule has 0 fully saturated rings. The highest BCUT2D eigenvalue weighted by Crippen LogP contribution is 2.31. The molecule has 0 unspecified atom stereocenters. The van der Waals surface area contributed by atoms with Crippen molar-refractivity contribution in [1.29, 1.82) is 0 Å². The summed E-state index contributed by atoms with van der Waals surface area (Å²) in [7, 11) is 0. The van der Waals surface area contributed by atoms with Gasteiger partial charge in [0.1, 0.15) is 6.33 Å². The van der Waals surface area contributed by atoms with Crippen LogP contribution in [0.5, 0.6) is 0 Å². The molecule has 0 saturated carbocycles. The largest absolute Gasteiger partial charge is 0.344 e. The molecule has 4 nitrogen and oxygen atoms in total. The summed E-state index contributed by atoms with van der Waals surface area (Å²) in [5.41, 5.74) is 5.27. The third-order valence-electron chi connectivity index (χ3n) is 4.33. The molecule has 0 saturated heterocycles. The lowest BCUT2D eigenvalue weighted by Gasteiger charge is -2.17. The van der Waals surface area contributed by atoms with E-state index >= 15 is 0 Å². The predicted octanol–water partition coefficient (Wildman–Crippen LogP) is 2.97. The molecule has 2 aromatic heterocycles. The first-order valence-corrected chi connectivity index (χ1v) is 7.95.